The Kier molecular flexibility index (Phi) is 4.14. The SMILES string of the molecule is CNc1nc(NCC(F)(F)C(F)F)nc(-n2cncn2)n1. The molecule has 8 nitrogen and oxygen atoms in total. The Bertz CT molecular complexity index is 587. The van der Waals surface area contributed by atoms with Crippen molar-refractivity contribution < 1.29 is 17.6 Å². The van der Waals surface area contributed by atoms with Crippen LogP contribution >= 0.6 is 0 Å². The Morgan fingerprint density at radius 2 is 1.95 bits per heavy atom. The molecule has 0 radical (unpaired) electrons. The Labute approximate surface area is 115 Å². The van der Waals surface area contributed by atoms with Gasteiger partial charge in [0.1, 0.15) is 12.7 Å². The second-order valence-corrected chi connectivity index (χ2v) is 3.79. The molecule has 0 amide bonds. The summed E-state index contributed by atoms with van der Waals surface area (Å²) in [6.07, 6.45) is -1.28. The summed E-state index contributed by atoms with van der Waals surface area (Å²) >= 11 is 0. The Morgan fingerprint density at radius 1 is 1.24 bits per heavy atom. The Morgan fingerprint density at radius 3 is 2.52 bits per heavy atom. The molecule has 0 fully saturated rings. The van der Waals surface area contributed by atoms with Crippen LogP contribution in [-0.2, 0) is 0 Å². The van der Waals surface area contributed by atoms with Crippen molar-refractivity contribution in [1.29, 1.82) is 0 Å². The lowest BCUT2D eigenvalue weighted by Crippen LogP contribution is -2.35. The van der Waals surface area contributed by atoms with Gasteiger partial charge in [0, 0.05) is 7.05 Å². The van der Waals surface area contributed by atoms with Gasteiger partial charge in [-0.25, -0.2) is 13.8 Å². The van der Waals surface area contributed by atoms with Crippen LogP contribution in [0.25, 0.3) is 5.95 Å². The standard InChI is InChI=1S/C9H10F4N8/c1-14-6-18-7(16-2-9(12,13)5(10)11)20-8(19-6)21-4-15-3-17-21/h3-5H,2H2,1H3,(H2,14,16,18,19,20). The fraction of sp³-hybridized carbons (Fsp3) is 0.444. The predicted molar refractivity (Wildman–Crippen MR) is 63.7 cm³/mol. The number of rotatable bonds is 6. The van der Waals surface area contributed by atoms with Gasteiger partial charge in [0.15, 0.2) is 0 Å². The molecular weight excluding hydrogens is 296 g/mol. The molecule has 2 N–H and O–H groups in total. The van der Waals surface area contributed by atoms with E-state index < -0.39 is 18.9 Å². The van der Waals surface area contributed by atoms with Gasteiger partial charge in [-0.3, -0.25) is 0 Å². The summed E-state index contributed by atoms with van der Waals surface area (Å²) in [5.74, 6) is -4.44. The predicted octanol–water partition coefficient (Wildman–Crippen LogP) is 0.806. The molecular formula is C9H10F4N8. The van der Waals surface area contributed by atoms with Crippen LogP contribution in [0.15, 0.2) is 12.7 Å². The average Bonchev–Trinajstić information content (AvgIpc) is 2.99. The third-order valence-corrected chi connectivity index (χ3v) is 2.27. The first-order chi connectivity index (χ1) is 9.92. The molecule has 0 bridgehead atoms. The van der Waals surface area contributed by atoms with Crippen molar-refractivity contribution in [2.45, 2.75) is 12.3 Å². The van der Waals surface area contributed by atoms with E-state index in [0.29, 0.717) is 0 Å². The van der Waals surface area contributed by atoms with Crippen LogP contribution in [0.2, 0.25) is 0 Å². The highest BCUT2D eigenvalue weighted by molar-refractivity contribution is 5.37. The molecule has 0 unspecified atom stereocenters. The summed E-state index contributed by atoms with van der Waals surface area (Å²) in [7, 11) is 1.50. The first kappa shape index (κ1) is 14.9. The molecule has 0 aliphatic rings. The maximum absolute atomic E-state index is 12.9. The lowest BCUT2D eigenvalue weighted by Gasteiger charge is -2.16. The van der Waals surface area contributed by atoms with E-state index in [1.807, 2.05) is 5.32 Å². The van der Waals surface area contributed by atoms with Crippen molar-refractivity contribution in [2.24, 2.45) is 0 Å². The number of hydrogen-bond acceptors (Lipinski definition) is 7. The first-order valence-electron chi connectivity index (χ1n) is 5.61. The normalized spacial score (nSPS) is 11.7. The number of hydrogen-bond donors (Lipinski definition) is 2. The molecule has 0 aliphatic carbocycles. The Hall–Kier alpha value is -2.53. The average molecular weight is 306 g/mol. The van der Waals surface area contributed by atoms with Crippen LogP contribution in [0, 0.1) is 0 Å². The summed E-state index contributed by atoms with van der Waals surface area (Å²) < 4.78 is 51.1. The zero-order valence-electron chi connectivity index (χ0n) is 10.6. The van der Waals surface area contributed by atoms with E-state index in [1.54, 1.807) is 0 Å². The van der Waals surface area contributed by atoms with Gasteiger partial charge in [-0.2, -0.15) is 33.5 Å². The van der Waals surface area contributed by atoms with E-state index in [4.69, 9.17) is 0 Å². The molecule has 2 aromatic rings. The fourth-order valence-electron chi connectivity index (χ4n) is 1.24. The quantitative estimate of drug-likeness (QED) is 0.763. The van der Waals surface area contributed by atoms with Gasteiger partial charge in [-0.15, -0.1) is 0 Å². The number of nitrogens with zero attached hydrogens (tertiary/aromatic N) is 6. The van der Waals surface area contributed by atoms with Crippen LogP contribution in [0.1, 0.15) is 0 Å². The van der Waals surface area contributed by atoms with Crippen molar-refractivity contribution in [1.82, 2.24) is 29.7 Å². The molecule has 2 rings (SSSR count). The van der Waals surface area contributed by atoms with Crippen LogP contribution in [0.5, 0.6) is 0 Å². The maximum Gasteiger partial charge on any atom is 0.324 e. The Balaban J connectivity index is 2.22. The number of anilines is 2. The molecule has 0 saturated carbocycles. The lowest BCUT2D eigenvalue weighted by molar-refractivity contribution is -0.117. The highest BCUT2D eigenvalue weighted by atomic mass is 19.3. The highest BCUT2D eigenvalue weighted by Crippen LogP contribution is 2.22. The molecule has 0 saturated heterocycles. The number of alkyl halides is 4. The number of aromatic nitrogens is 6. The topological polar surface area (TPSA) is 93.4 Å². The number of halogens is 4. The minimum atomic E-state index is -4.19. The largest absolute Gasteiger partial charge is 0.357 e. The van der Waals surface area contributed by atoms with E-state index in [1.165, 1.54) is 24.4 Å². The van der Waals surface area contributed by atoms with Crippen molar-refractivity contribution in [3.8, 4) is 5.95 Å². The third kappa shape index (κ3) is 3.52. The van der Waals surface area contributed by atoms with E-state index in [2.05, 4.69) is 30.4 Å². The molecule has 0 atom stereocenters. The second kappa shape index (κ2) is 5.85. The molecule has 114 valence electrons. The van der Waals surface area contributed by atoms with Gasteiger partial charge in [-0.1, -0.05) is 0 Å². The summed E-state index contributed by atoms with van der Waals surface area (Å²) in [6, 6.07) is 0. The molecule has 21 heavy (non-hydrogen) atoms. The minimum absolute atomic E-state index is 0.00490. The van der Waals surface area contributed by atoms with Crippen LogP contribution in [-0.4, -0.2) is 55.7 Å². The van der Waals surface area contributed by atoms with Gasteiger partial charge in [0.25, 0.3) is 5.95 Å². The van der Waals surface area contributed by atoms with Gasteiger partial charge < -0.3 is 10.6 Å². The highest BCUT2D eigenvalue weighted by Gasteiger charge is 2.40. The fourth-order valence-corrected chi connectivity index (χ4v) is 1.24. The lowest BCUT2D eigenvalue weighted by atomic mass is 10.3. The molecule has 0 spiro atoms. The van der Waals surface area contributed by atoms with Gasteiger partial charge in [-0.05, 0) is 0 Å². The molecule has 2 aromatic heterocycles. The summed E-state index contributed by atoms with van der Waals surface area (Å²) in [5, 5.41) is 8.41. The van der Waals surface area contributed by atoms with Gasteiger partial charge >= 0.3 is 12.3 Å². The first-order valence-corrected chi connectivity index (χ1v) is 5.61. The second-order valence-electron chi connectivity index (χ2n) is 3.79. The van der Waals surface area contributed by atoms with E-state index >= 15 is 0 Å². The zero-order valence-corrected chi connectivity index (χ0v) is 10.6. The molecule has 0 aromatic carbocycles. The van der Waals surface area contributed by atoms with Crippen molar-refractivity contribution in [2.75, 3.05) is 24.2 Å². The summed E-state index contributed by atoms with van der Waals surface area (Å²) in [4.78, 5) is 15.1. The minimum Gasteiger partial charge on any atom is -0.357 e. The van der Waals surface area contributed by atoms with Crippen molar-refractivity contribution in [3.05, 3.63) is 12.7 Å². The number of nitrogens with one attached hydrogen (secondary N) is 2. The summed E-state index contributed by atoms with van der Waals surface area (Å²) in [6.45, 7) is -1.31. The van der Waals surface area contributed by atoms with Crippen LogP contribution in [0.4, 0.5) is 29.5 Å². The van der Waals surface area contributed by atoms with Crippen molar-refractivity contribution in [3.63, 3.8) is 0 Å². The monoisotopic (exact) mass is 306 g/mol. The van der Waals surface area contributed by atoms with E-state index in [-0.39, 0.29) is 17.8 Å². The van der Waals surface area contributed by atoms with Crippen molar-refractivity contribution >= 4 is 11.9 Å². The third-order valence-electron chi connectivity index (χ3n) is 2.27. The van der Waals surface area contributed by atoms with E-state index in [0.717, 1.165) is 0 Å². The van der Waals surface area contributed by atoms with Crippen LogP contribution < -0.4 is 10.6 Å². The molecule has 12 heteroatoms. The smallest absolute Gasteiger partial charge is 0.324 e. The van der Waals surface area contributed by atoms with Gasteiger partial charge in [0.2, 0.25) is 11.9 Å². The zero-order chi connectivity index (χ0) is 15.5. The van der Waals surface area contributed by atoms with Crippen LogP contribution in [0.3, 0.4) is 0 Å². The molecule has 0 aliphatic heterocycles. The summed E-state index contributed by atoms with van der Waals surface area (Å²) in [5.41, 5.74) is 0. The molecule has 2 heterocycles. The van der Waals surface area contributed by atoms with E-state index in [9.17, 15) is 17.6 Å². The van der Waals surface area contributed by atoms with Gasteiger partial charge in [0.05, 0.1) is 6.54 Å². The maximum atomic E-state index is 12.9.